The van der Waals surface area contributed by atoms with Gasteiger partial charge < -0.3 is 9.64 Å². The van der Waals surface area contributed by atoms with Crippen LogP contribution in [0.4, 0.5) is 10.1 Å². The summed E-state index contributed by atoms with van der Waals surface area (Å²) < 4.78 is 19.1. The lowest BCUT2D eigenvalue weighted by molar-refractivity contribution is 0.139. The van der Waals surface area contributed by atoms with E-state index in [0.717, 1.165) is 54.7 Å². The van der Waals surface area contributed by atoms with Gasteiger partial charge in [-0.15, -0.1) is 0 Å². The van der Waals surface area contributed by atoms with Gasteiger partial charge in [-0.05, 0) is 43.4 Å². The molecule has 0 amide bonds. The number of aryl methyl sites for hydroxylation is 1. The summed E-state index contributed by atoms with van der Waals surface area (Å²) in [5.41, 5.74) is 2.88. The van der Waals surface area contributed by atoms with E-state index >= 15 is 0 Å². The van der Waals surface area contributed by atoms with Gasteiger partial charge in [0, 0.05) is 38.4 Å². The van der Waals surface area contributed by atoms with Gasteiger partial charge in [0.1, 0.15) is 11.9 Å². The molecule has 0 N–H and O–H groups in total. The number of pyridine rings is 1. The first-order valence-electron chi connectivity index (χ1n) is 7.87. The molecule has 0 aliphatic carbocycles. The lowest BCUT2D eigenvalue weighted by atomic mass is 9.96. The minimum absolute atomic E-state index is 0.289. The Labute approximate surface area is 135 Å². The van der Waals surface area contributed by atoms with Gasteiger partial charge in [0.15, 0.2) is 0 Å². The van der Waals surface area contributed by atoms with Crippen molar-refractivity contribution in [2.24, 2.45) is 5.92 Å². The fourth-order valence-electron chi connectivity index (χ4n) is 3.40. The largest absolute Gasteiger partial charge is 0.384 e. The summed E-state index contributed by atoms with van der Waals surface area (Å²) in [4.78, 5) is 6.54. The van der Waals surface area contributed by atoms with Crippen molar-refractivity contribution < 1.29 is 9.13 Å². The predicted molar refractivity (Wildman–Crippen MR) is 88.0 cm³/mol. The molecule has 2 aromatic rings. The van der Waals surface area contributed by atoms with E-state index < -0.39 is 0 Å². The molecule has 2 heterocycles. The number of methoxy groups -OCH3 is 1. The second-order valence-corrected chi connectivity index (χ2v) is 6.14. The number of fused-ring (bicyclic) bond motifs is 1. The molecule has 0 radical (unpaired) electrons. The zero-order chi connectivity index (χ0) is 16.4. The number of benzene rings is 1. The topological polar surface area (TPSA) is 49.1 Å². The Morgan fingerprint density at radius 2 is 2.13 bits per heavy atom. The number of nitrogens with zero attached hydrogens (tertiary/aromatic N) is 3. The van der Waals surface area contributed by atoms with Gasteiger partial charge in [-0.3, -0.25) is 4.98 Å². The molecule has 23 heavy (non-hydrogen) atoms. The van der Waals surface area contributed by atoms with E-state index in [0.29, 0.717) is 11.5 Å². The summed E-state index contributed by atoms with van der Waals surface area (Å²) in [6.45, 7) is 4.30. The number of aromatic nitrogens is 1. The average Bonchev–Trinajstić information content (AvgIpc) is 2.55. The van der Waals surface area contributed by atoms with Crippen LogP contribution in [0.1, 0.15) is 24.0 Å². The second kappa shape index (κ2) is 6.51. The van der Waals surface area contributed by atoms with Crippen LogP contribution in [0.2, 0.25) is 0 Å². The first kappa shape index (κ1) is 15.7. The molecule has 1 saturated heterocycles. The Morgan fingerprint density at radius 1 is 1.39 bits per heavy atom. The minimum atomic E-state index is -0.289. The monoisotopic (exact) mass is 313 g/mol. The lowest BCUT2D eigenvalue weighted by Crippen LogP contribution is -2.35. The van der Waals surface area contributed by atoms with Crippen LogP contribution >= 0.6 is 0 Å². The number of rotatable bonds is 3. The molecule has 0 saturated carbocycles. The summed E-state index contributed by atoms with van der Waals surface area (Å²) in [5, 5.41) is 10.2. The molecule has 1 aromatic carbocycles. The van der Waals surface area contributed by atoms with E-state index in [4.69, 9.17) is 4.74 Å². The molecule has 4 nitrogen and oxygen atoms in total. The van der Waals surface area contributed by atoms with Gasteiger partial charge in [-0.1, -0.05) is 0 Å². The van der Waals surface area contributed by atoms with Crippen molar-refractivity contribution >= 4 is 16.6 Å². The highest BCUT2D eigenvalue weighted by molar-refractivity contribution is 5.96. The van der Waals surface area contributed by atoms with Gasteiger partial charge in [0.25, 0.3) is 0 Å². The average molecular weight is 313 g/mol. The van der Waals surface area contributed by atoms with Crippen LogP contribution in [0, 0.1) is 30.0 Å². The minimum Gasteiger partial charge on any atom is -0.384 e. The Hall–Kier alpha value is -2.19. The summed E-state index contributed by atoms with van der Waals surface area (Å²) in [6.07, 6.45) is 3.62. The molecule has 1 aromatic heterocycles. The highest BCUT2D eigenvalue weighted by Gasteiger charge is 2.23. The number of anilines is 1. The molecule has 5 heteroatoms. The summed E-state index contributed by atoms with van der Waals surface area (Å²) in [5.74, 6) is 0.260. The molecule has 0 unspecified atom stereocenters. The molecule has 0 atom stereocenters. The highest BCUT2D eigenvalue weighted by atomic mass is 19.1. The molecule has 120 valence electrons. The van der Waals surface area contributed by atoms with E-state index in [1.807, 2.05) is 6.92 Å². The van der Waals surface area contributed by atoms with E-state index in [1.165, 1.54) is 12.1 Å². The predicted octanol–water partition coefficient (Wildman–Crippen LogP) is 3.42. The number of nitriles is 1. The normalized spacial score (nSPS) is 15.8. The third-order valence-electron chi connectivity index (χ3n) is 4.55. The quantitative estimate of drug-likeness (QED) is 0.871. The van der Waals surface area contributed by atoms with Gasteiger partial charge in [-0.2, -0.15) is 5.26 Å². The van der Waals surface area contributed by atoms with Crippen molar-refractivity contribution in [2.75, 3.05) is 31.7 Å². The standard InChI is InChI=1S/C18H20FN3O/c1-12-7-15(19)8-16-17(12)21-10-14(9-20)18(16)22-5-3-13(4-6-22)11-23-2/h7-8,10,13H,3-6,11H2,1-2H3. The Balaban J connectivity index is 2.04. The maximum Gasteiger partial charge on any atom is 0.124 e. The number of halogens is 1. The summed E-state index contributed by atoms with van der Waals surface area (Å²) in [6, 6.07) is 5.18. The number of hydrogen-bond acceptors (Lipinski definition) is 4. The summed E-state index contributed by atoms with van der Waals surface area (Å²) in [7, 11) is 1.72. The Kier molecular flexibility index (Phi) is 4.44. The van der Waals surface area contributed by atoms with Crippen molar-refractivity contribution in [3.8, 4) is 6.07 Å². The van der Waals surface area contributed by atoms with Crippen LogP contribution in [0.5, 0.6) is 0 Å². The van der Waals surface area contributed by atoms with Crippen molar-refractivity contribution in [1.82, 2.24) is 4.98 Å². The third-order valence-corrected chi connectivity index (χ3v) is 4.55. The van der Waals surface area contributed by atoms with E-state index in [-0.39, 0.29) is 5.82 Å². The van der Waals surface area contributed by atoms with Crippen molar-refractivity contribution in [3.63, 3.8) is 0 Å². The molecule has 1 aliphatic rings. The molecular weight excluding hydrogens is 293 g/mol. The number of piperidine rings is 1. The van der Waals surface area contributed by atoms with E-state index in [1.54, 1.807) is 13.3 Å². The van der Waals surface area contributed by atoms with Crippen LogP contribution in [0.3, 0.4) is 0 Å². The zero-order valence-corrected chi connectivity index (χ0v) is 13.5. The third kappa shape index (κ3) is 2.99. The van der Waals surface area contributed by atoms with Crippen LogP contribution in [0.15, 0.2) is 18.3 Å². The van der Waals surface area contributed by atoms with Crippen molar-refractivity contribution in [3.05, 3.63) is 35.3 Å². The van der Waals surface area contributed by atoms with Crippen molar-refractivity contribution in [2.45, 2.75) is 19.8 Å². The molecule has 0 bridgehead atoms. The highest BCUT2D eigenvalue weighted by Crippen LogP contribution is 2.34. The summed E-state index contributed by atoms with van der Waals surface area (Å²) >= 11 is 0. The van der Waals surface area contributed by atoms with Gasteiger partial charge in [0.05, 0.1) is 16.8 Å². The number of hydrogen-bond donors (Lipinski definition) is 0. The van der Waals surface area contributed by atoms with Crippen LogP contribution in [-0.4, -0.2) is 31.8 Å². The zero-order valence-electron chi connectivity index (χ0n) is 13.5. The van der Waals surface area contributed by atoms with Gasteiger partial charge in [-0.25, -0.2) is 4.39 Å². The van der Waals surface area contributed by atoms with Crippen LogP contribution < -0.4 is 4.90 Å². The Morgan fingerprint density at radius 3 is 2.78 bits per heavy atom. The van der Waals surface area contributed by atoms with Crippen molar-refractivity contribution in [1.29, 1.82) is 5.26 Å². The van der Waals surface area contributed by atoms with Crippen LogP contribution in [0.25, 0.3) is 10.9 Å². The fourth-order valence-corrected chi connectivity index (χ4v) is 3.40. The first-order valence-corrected chi connectivity index (χ1v) is 7.87. The molecule has 0 spiro atoms. The maximum atomic E-state index is 13.9. The molecule has 1 fully saturated rings. The molecule has 1 aliphatic heterocycles. The first-order chi connectivity index (χ1) is 11.1. The smallest absolute Gasteiger partial charge is 0.124 e. The Bertz CT molecular complexity index is 761. The van der Waals surface area contributed by atoms with Gasteiger partial charge >= 0.3 is 0 Å². The molecule has 3 rings (SSSR count). The van der Waals surface area contributed by atoms with E-state index in [9.17, 15) is 9.65 Å². The molecular formula is C18H20FN3O. The second-order valence-electron chi connectivity index (χ2n) is 6.14. The van der Waals surface area contributed by atoms with Crippen LogP contribution in [-0.2, 0) is 4.74 Å². The maximum absolute atomic E-state index is 13.9. The lowest BCUT2D eigenvalue weighted by Gasteiger charge is -2.34. The SMILES string of the molecule is COCC1CCN(c2c(C#N)cnc3c(C)cc(F)cc23)CC1. The van der Waals surface area contributed by atoms with Gasteiger partial charge in [0.2, 0.25) is 0 Å². The van der Waals surface area contributed by atoms with E-state index in [2.05, 4.69) is 16.0 Å². The fraction of sp³-hybridized carbons (Fsp3) is 0.444. The number of ether oxygens (including phenoxy) is 1.